The zero-order valence-corrected chi connectivity index (χ0v) is 17.0. The van der Waals surface area contributed by atoms with Gasteiger partial charge in [-0.25, -0.2) is 4.99 Å². The summed E-state index contributed by atoms with van der Waals surface area (Å²) in [6, 6.07) is 18.1. The Morgan fingerprint density at radius 3 is 2.73 bits per heavy atom. The third-order valence-electron chi connectivity index (χ3n) is 3.66. The predicted molar refractivity (Wildman–Crippen MR) is 115 cm³/mol. The number of nitrogens with one attached hydrogen (secondary N) is 2. The lowest BCUT2D eigenvalue weighted by molar-refractivity contribution is 0.501. The van der Waals surface area contributed by atoms with E-state index < -0.39 is 0 Å². The number of aliphatic imine (C=N–C) groups is 1. The number of hydrogen-bond donors (Lipinski definition) is 2. The van der Waals surface area contributed by atoms with Gasteiger partial charge in [-0.3, -0.25) is 4.98 Å². The van der Waals surface area contributed by atoms with E-state index in [9.17, 15) is 0 Å². The average Bonchev–Trinajstić information content (AvgIpc) is 3.18. The Kier molecular flexibility index (Phi) is 8.14. The summed E-state index contributed by atoms with van der Waals surface area (Å²) in [6.45, 7) is 4.05. The van der Waals surface area contributed by atoms with Gasteiger partial charge in [0.15, 0.2) is 5.96 Å². The fraction of sp³-hybridized carbons (Fsp3) is 0.200. The van der Waals surface area contributed by atoms with Crippen molar-refractivity contribution in [3.63, 3.8) is 0 Å². The number of nitrogens with zero attached hydrogens (tertiary/aromatic N) is 2. The number of halogens is 1. The maximum atomic E-state index is 5.34. The number of pyridine rings is 1. The average molecular weight is 462 g/mol. The second-order valence-electron chi connectivity index (χ2n) is 5.54. The van der Waals surface area contributed by atoms with Crippen molar-refractivity contribution in [1.29, 1.82) is 0 Å². The highest BCUT2D eigenvalue weighted by Crippen LogP contribution is 2.18. The number of aromatic nitrogens is 1. The second kappa shape index (κ2) is 10.6. The van der Waals surface area contributed by atoms with Crippen molar-refractivity contribution < 1.29 is 4.42 Å². The quantitative estimate of drug-likeness (QED) is 0.327. The Labute approximate surface area is 171 Å². The molecule has 0 bridgehead atoms. The van der Waals surface area contributed by atoms with E-state index in [1.54, 1.807) is 6.26 Å². The maximum absolute atomic E-state index is 5.34. The van der Waals surface area contributed by atoms with Gasteiger partial charge in [-0.05, 0) is 42.8 Å². The van der Waals surface area contributed by atoms with Crippen LogP contribution in [0, 0.1) is 0 Å². The van der Waals surface area contributed by atoms with E-state index in [1.165, 1.54) is 0 Å². The molecule has 0 fully saturated rings. The Morgan fingerprint density at radius 2 is 2.00 bits per heavy atom. The lowest BCUT2D eigenvalue weighted by atomic mass is 10.1. The highest BCUT2D eigenvalue weighted by atomic mass is 127. The molecule has 0 atom stereocenters. The van der Waals surface area contributed by atoms with Gasteiger partial charge in [-0.1, -0.05) is 24.3 Å². The molecule has 26 heavy (non-hydrogen) atoms. The van der Waals surface area contributed by atoms with Crippen LogP contribution >= 0.6 is 24.0 Å². The van der Waals surface area contributed by atoms with Crippen LogP contribution in [-0.4, -0.2) is 17.5 Å². The van der Waals surface area contributed by atoms with Gasteiger partial charge in [-0.15, -0.1) is 24.0 Å². The smallest absolute Gasteiger partial charge is 0.191 e. The molecule has 0 saturated carbocycles. The predicted octanol–water partition coefficient (Wildman–Crippen LogP) is 4.21. The van der Waals surface area contributed by atoms with Crippen molar-refractivity contribution in [2.45, 2.75) is 20.0 Å². The molecule has 0 aliphatic heterocycles. The van der Waals surface area contributed by atoms with Gasteiger partial charge in [0.1, 0.15) is 5.76 Å². The van der Waals surface area contributed by atoms with E-state index in [4.69, 9.17) is 4.42 Å². The molecule has 3 rings (SSSR count). The molecule has 0 amide bonds. The molecule has 136 valence electrons. The largest absolute Gasteiger partial charge is 0.467 e. The zero-order valence-electron chi connectivity index (χ0n) is 14.7. The van der Waals surface area contributed by atoms with Gasteiger partial charge in [-0.2, -0.15) is 0 Å². The first-order valence-corrected chi connectivity index (χ1v) is 8.40. The van der Waals surface area contributed by atoms with Crippen molar-refractivity contribution in [3.8, 4) is 11.3 Å². The van der Waals surface area contributed by atoms with E-state index in [2.05, 4.69) is 38.8 Å². The van der Waals surface area contributed by atoms with E-state index in [0.717, 1.165) is 35.1 Å². The minimum absolute atomic E-state index is 0. The van der Waals surface area contributed by atoms with Crippen LogP contribution in [0.1, 0.15) is 18.2 Å². The van der Waals surface area contributed by atoms with Crippen LogP contribution in [0.3, 0.4) is 0 Å². The summed E-state index contributed by atoms with van der Waals surface area (Å²) in [5, 5.41) is 6.52. The topological polar surface area (TPSA) is 62.5 Å². The van der Waals surface area contributed by atoms with E-state index in [-0.39, 0.29) is 24.0 Å². The van der Waals surface area contributed by atoms with Gasteiger partial charge in [0.05, 0.1) is 25.0 Å². The van der Waals surface area contributed by atoms with Gasteiger partial charge >= 0.3 is 0 Å². The summed E-state index contributed by atoms with van der Waals surface area (Å²) in [5.74, 6) is 1.64. The van der Waals surface area contributed by atoms with Crippen molar-refractivity contribution >= 4 is 29.9 Å². The Hall–Kier alpha value is -2.35. The molecule has 2 heterocycles. The fourth-order valence-electron chi connectivity index (χ4n) is 2.46. The zero-order chi connectivity index (χ0) is 17.3. The molecular weight excluding hydrogens is 439 g/mol. The van der Waals surface area contributed by atoms with Crippen molar-refractivity contribution in [1.82, 2.24) is 15.6 Å². The van der Waals surface area contributed by atoms with Crippen LogP contribution in [0.2, 0.25) is 0 Å². The molecule has 0 unspecified atom stereocenters. The number of guanidine groups is 1. The molecule has 0 aliphatic rings. The van der Waals surface area contributed by atoms with Crippen molar-refractivity contribution in [2.24, 2.45) is 4.99 Å². The van der Waals surface area contributed by atoms with Crippen molar-refractivity contribution in [3.05, 3.63) is 78.4 Å². The highest BCUT2D eigenvalue weighted by Gasteiger charge is 2.02. The Bertz CT molecular complexity index is 804. The molecule has 0 saturated heterocycles. The summed E-state index contributed by atoms with van der Waals surface area (Å²) in [5.41, 5.74) is 3.20. The molecule has 0 radical (unpaired) electrons. The lowest BCUT2D eigenvalue weighted by Gasteiger charge is -2.10. The summed E-state index contributed by atoms with van der Waals surface area (Å²) >= 11 is 0. The van der Waals surface area contributed by atoms with Gasteiger partial charge in [0.25, 0.3) is 0 Å². The normalized spacial score (nSPS) is 10.9. The minimum Gasteiger partial charge on any atom is -0.467 e. The first kappa shape index (κ1) is 20.0. The fourth-order valence-corrected chi connectivity index (χ4v) is 2.46. The van der Waals surface area contributed by atoms with E-state index in [0.29, 0.717) is 13.1 Å². The first-order chi connectivity index (χ1) is 12.3. The van der Waals surface area contributed by atoms with Crippen LogP contribution in [0.15, 0.2) is 76.5 Å². The van der Waals surface area contributed by atoms with Crippen LogP contribution in [-0.2, 0) is 13.1 Å². The summed E-state index contributed by atoms with van der Waals surface area (Å²) in [4.78, 5) is 9.05. The monoisotopic (exact) mass is 462 g/mol. The van der Waals surface area contributed by atoms with Crippen LogP contribution in [0.5, 0.6) is 0 Å². The third-order valence-corrected chi connectivity index (χ3v) is 3.66. The van der Waals surface area contributed by atoms with E-state index >= 15 is 0 Å². The molecule has 6 heteroatoms. The number of rotatable bonds is 6. The Morgan fingerprint density at radius 1 is 1.08 bits per heavy atom. The molecular formula is C20H23IN4O. The molecule has 0 spiro atoms. The molecule has 1 aromatic carbocycles. The minimum atomic E-state index is 0. The van der Waals surface area contributed by atoms with Crippen LogP contribution in [0.4, 0.5) is 0 Å². The van der Waals surface area contributed by atoms with Crippen LogP contribution in [0.25, 0.3) is 11.3 Å². The lowest BCUT2D eigenvalue weighted by Crippen LogP contribution is -2.36. The number of hydrogen-bond acceptors (Lipinski definition) is 3. The molecule has 2 N–H and O–H groups in total. The molecule has 2 aromatic heterocycles. The third kappa shape index (κ3) is 5.87. The maximum Gasteiger partial charge on any atom is 0.191 e. The molecule has 0 aliphatic carbocycles. The standard InChI is InChI=1S/C20H22N4O.HI/c1-2-21-20(24-15-18-9-6-12-25-18)23-14-16-7-5-8-17(13-16)19-10-3-4-11-22-19;/h3-13H,2,14-15H2,1H3,(H2,21,23,24);1H. The van der Waals surface area contributed by atoms with Gasteiger partial charge in [0, 0.05) is 18.3 Å². The van der Waals surface area contributed by atoms with Crippen molar-refractivity contribution in [2.75, 3.05) is 6.54 Å². The molecule has 3 aromatic rings. The first-order valence-electron chi connectivity index (χ1n) is 8.40. The summed E-state index contributed by atoms with van der Waals surface area (Å²) < 4.78 is 5.34. The highest BCUT2D eigenvalue weighted by molar-refractivity contribution is 14.0. The van der Waals surface area contributed by atoms with Crippen LogP contribution < -0.4 is 10.6 Å². The second-order valence-corrected chi connectivity index (χ2v) is 5.54. The SMILES string of the molecule is CCNC(=NCc1cccc(-c2ccccn2)c1)NCc1ccco1.I. The molecule has 5 nitrogen and oxygen atoms in total. The van der Waals surface area contributed by atoms with E-state index in [1.807, 2.05) is 49.5 Å². The van der Waals surface area contributed by atoms with Gasteiger partial charge in [0.2, 0.25) is 0 Å². The summed E-state index contributed by atoms with van der Waals surface area (Å²) in [6.07, 6.45) is 3.48. The van der Waals surface area contributed by atoms with Gasteiger partial charge < -0.3 is 15.1 Å². The number of benzene rings is 1. The number of furan rings is 1. The Balaban J connectivity index is 0.00000243. The summed E-state index contributed by atoms with van der Waals surface area (Å²) in [7, 11) is 0.